The first-order valence-corrected chi connectivity index (χ1v) is 8.72. The molecule has 0 saturated heterocycles. The van der Waals surface area contributed by atoms with E-state index in [-0.39, 0.29) is 0 Å². The number of hydrogen-bond acceptors (Lipinski definition) is 0. The van der Waals surface area contributed by atoms with Crippen LogP contribution in [0.2, 0.25) is 6.04 Å². The van der Waals surface area contributed by atoms with Crippen molar-refractivity contribution in [1.29, 1.82) is 0 Å². The van der Waals surface area contributed by atoms with Gasteiger partial charge in [0.15, 0.2) is 0 Å². The molecule has 0 fully saturated rings. The zero-order valence-corrected chi connectivity index (χ0v) is 13.1. The van der Waals surface area contributed by atoms with E-state index in [1.54, 1.807) is 0 Å². The molecule has 0 unspecified atom stereocenters. The lowest BCUT2D eigenvalue weighted by molar-refractivity contribution is 0.356. The Labute approximate surface area is 105 Å². The summed E-state index contributed by atoms with van der Waals surface area (Å²) in [6, 6.07) is 1.02. The third-order valence-corrected chi connectivity index (χ3v) is 3.86. The molecule has 0 heterocycles. The van der Waals surface area contributed by atoms with Gasteiger partial charge in [-0.1, -0.05) is 72.1 Å². The highest BCUT2D eigenvalue weighted by Crippen LogP contribution is 2.22. The van der Waals surface area contributed by atoms with Crippen LogP contribution in [0.5, 0.6) is 0 Å². The van der Waals surface area contributed by atoms with Crippen molar-refractivity contribution < 1.29 is 4.80 Å². The molecule has 0 amide bonds. The molecule has 16 heavy (non-hydrogen) atoms. The van der Waals surface area contributed by atoms with Crippen LogP contribution in [-0.2, 0) is 4.80 Å². The SMILES string of the molecule is CC(C)(C)CCCCCCCCCC[SiH2][O]. The fourth-order valence-electron chi connectivity index (χ4n) is 1.99. The van der Waals surface area contributed by atoms with Gasteiger partial charge in [0.1, 0.15) is 0 Å². The molecule has 97 valence electrons. The zero-order chi connectivity index (χ0) is 12.3. The summed E-state index contributed by atoms with van der Waals surface area (Å²) in [7, 11) is -0.900. The van der Waals surface area contributed by atoms with E-state index >= 15 is 0 Å². The molecule has 0 aromatic carbocycles. The Kier molecular flexibility index (Phi) is 10.5. The summed E-state index contributed by atoms with van der Waals surface area (Å²) >= 11 is 0. The Morgan fingerprint density at radius 1 is 0.750 bits per heavy atom. The second-order valence-corrected chi connectivity index (χ2v) is 7.31. The molecule has 0 atom stereocenters. The highest BCUT2D eigenvalue weighted by molar-refractivity contribution is 6.24. The summed E-state index contributed by atoms with van der Waals surface area (Å²) in [5.74, 6) is 0. The monoisotopic (exact) mass is 243 g/mol. The lowest BCUT2D eigenvalue weighted by Crippen LogP contribution is -2.03. The molecule has 0 aliphatic heterocycles. The molecular formula is C14H31OSi. The molecule has 0 N–H and O–H groups in total. The van der Waals surface area contributed by atoms with Crippen LogP contribution in [0.25, 0.3) is 0 Å². The highest BCUT2D eigenvalue weighted by atomic mass is 28.2. The Balaban J connectivity index is 2.99. The lowest BCUT2D eigenvalue weighted by Gasteiger charge is -2.17. The van der Waals surface area contributed by atoms with E-state index in [4.69, 9.17) is 0 Å². The van der Waals surface area contributed by atoms with Gasteiger partial charge in [-0.2, -0.15) is 0 Å². The van der Waals surface area contributed by atoms with Crippen LogP contribution < -0.4 is 0 Å². The quantitative estimate of drug-likeness (QED) is 0.398. The second-order valence-electron chi connectivity index (χ2n) is 6.20. The van der Waals surface area contributed by atoms with Gasteiger partial charge in [-0.05, 0) is 17.9 Å². The molecule has 0 saturated carbocycles. The van der Waals surface area contributed by atoms with Gasteiger partial charge in [0.2, 0.25) is 9.76 Å². The Bertz CT molecular complexity index is 140. The Hall–Kier alpha value is 0.177. The summed E-state index contributed by atoms with van der Waals surface area (Å²) in [6.07, 6.45) is 12.2. The van der Waals surface area contributed by atoms with E-state index in [1.807, 2.05) is 0 Å². The maximum absolute atomic E-state index is 10.4. The van der Waals surface area contributed by atoms with Crippen LogP contribution in [0.1, 0.15) is 78.6 Å². The largest absolute Gasteiger partial charge is 0.306 e. The van der Waals surface area contributed by atoms with Gasteiger partial charge in [0.05, 0.1) is 0 Å². The average Bonchev–Trinajstić information content (AvgIpc) is 2.19. The minimum absolute atomic E-state index is 0.516. The van der Waals surface area contributed by atoms with E-state index in [9.17, 15) is 4.80 Å². The van der Waals surface area contributed by atoms with Crippen molar-refractivity contribution in [3.05, 3.63) is 0 Å². The first kappa shape index (κ1) is 16.2. The van der Waals surface area contributed by atoms with Crippen LogP contribution in [0.15, 0.2) is 0 Å². The molecule has 0 aliphatic carbocycles. The highest BCUT2D eigenvalue weighted by Gasteiger charge is 2.08. The maximum atomic E-state index is 10.4. The minimum atomic E-state index is -0.900. The molecule has 0 rings (SSSR count). The van der Waals surface area contributed by atoms with Crippen LogP contribution in [0.4, 0.5) is 0 Å². The average molecular weight is 243 g/mol. The van der Waals surface area contributed by atoms with Gasteiger partial charge in [-0.3, -0.25) is 0 Å². The first-order valence-electron chi connectivity index (χ1n) is 7.14. The summed E-state index contributed by atoms with van der Waals surface area (Å²) in [5.41, 5.74) is 0.516. The lowest BCUT2D eigenvalue weighted by atomic mass is 9.89. The van der Waals surface area contributed by atoms with Crippen molar-refractivity contribution in [3.8, 4) is 0 Å². The van der Waals surface area contributed by atoms with E-state index in [2.05, 4.69) is 20.8 Å². The minimum Gasteiger partial charge on any atom is -0.306 e. The molecule has 0 aliphatic rings. The Morgan fingerprint density at radius 2 is 1.19 bits per heavy atom. The topological polar surface area (TPSA) is 19.9 Å². The second kappa shape index (κ2) is 10.3. The maximum Gasteiger partial charge on any atom is 0.207 e. The van der Waals surface area contributed by atoms with Crippen LogP contribution in [0.3, 0.4) is 0 Å². The van der Waals surface area contributed by atoms with Gasteiger partial charge >= 0.3 is 0 Å². The van der Waals surface area contributed by atoms with Gasteiger partial charge < -0.3 is 4.80 Å². The van der Waals surface area contributed by atoms with Crippen LogP contribution >= 0.6 is 0 Å². The first-order chi connectivity index (χ1) is 7.56. The van der Waals surface area contributed by atoms with E-state index < -0.39 is 9.76 Å². The van der Waals surface area contributed by atoms with Crippen molar-refractivity contribution in [2.24, 2.45) is 5.41 Å². The molecule has 0 aromatic heterocycles. The van der Waals surface area contributed by atoms with Gasteiger partial charge in [-0.25, -0.2) is 0 Å². The number of hydrogen-bond donors (Lipinski definition) is 0. The number of unbranched alkanes of at least 4 members (excludes halogenated alkanes) is 7. The molecule has 2 heteroatoms. The fourth-order valence-corrected chi connectivity index (χ4v) is 2.55. The third-order valence-electron chi connectivity index (χ3n) is 3.07. The summed E-state index contributed by atoms with van der Waals surface area (Å²) in [4.78, 5) is 10.4. The van der Waals surface area contributed by atoms with E-state index in [0.29, 0.717) is 5.41 Å². The third kappa shape index (κ3) is 14.2. The molecule has 1 nitrogen and oxygen atoms in total. The van der Waals surface area contributed by atoms with Gasteiger partial charge in [-0.15, -0.1) is 0 Å². The number of rotatable bonds is 10. The molecule has 1 radical (unpaired) electrons. The summed E-state index contributed by atoms with van der Waals surface area (Å²) in [6.45, 7) is 6.98. The zero-order valence-electron chi connectivity index (χ0n) is 11.7. The summed E-state index contributed by atoms with van der Waals surface area (Å²) in [5, 5.41) is 0. The van der Waals surface area contributed by atoms with Crippen molar-refractivity contribution in [2.75, 3.05) is 0 Å². The van der Waals surface area contributed by atoms with Crippen molar-refractivity contribution in [1.82, 2.24) is 0 Å². The predicted octanol–water partition coefficient (Wildman–Crippen LogP) is 4.48. The van der Waals surface area contributed by atoms with Crippen molar-refractivity contribution >= 4 is 9.76 Å². The van der Waals surface area contributed by atoms with Crippen LogP contribution in [0, 0.1) is 5.41 Å². The van der Waals surface area contributed by atoms with E-state index in [1.165, 1.54) is 57.8 Å². The van der Waals surface area contributed by atoms with Crippen molar-refractivity contribution in [3.63, 3.8) is 0 Å². The van der Waals surface area contributed by atoms with Gasteiger partial charge in [0, 0.05) is 0 Å². The normalized spacial score (nSPS) is 12.8. The smallest absolute Gasteiger partial charge is 0.207 e. The Morgan fingerprint density at radius 3 is 1.62 bits per heavy atom. The molecular weight excluding hydrogens is 212 g/mol. The summed E-state index contributed by atoms with van der Waals surface area (Å²) < 4.78 is 0. The fraction of sp³-hybridized carbons (Fsp3) is 1.00. The molecule has 0 bridgehead atoms. The van der Waals surface area contributed by atoms with E-state index in [0.717, 1.165) is 6.04 Å². The standard InChI is InChI=1S/C14H31OSi/c1-14(2,3)12-10-8-6-4-5-7-9-11-13-16-15/h4-13,16H2,1-3H3. The molecule has 0 spiro atoms. The van der Waals surface area contributed by atoms with Crippen LogP contribution in [-0.4, -0.2) is 9.76 Å². The molecule has 0 aromatic rings. The predicted molar refractivity (Wildman–Crippen MR) is 75.0 cm³/mol. The van der Waals surface area contributed by atoms with Gasteiger partial charge in [0.25, 0.3) is 0 Å². The van der Waals surface area contributed by atoms with Crippen molar-refractivity contribution in [2.45, 2.75) is 84.6 Å².